The van der Waals surface area contributed by atoms with E-state index in [1.54, 1.807) is 0 Å². The van der Waals surface area contributed by atoms with Crippen LogP contribution in [0.4, 0.5) is 11.4 Å². The van der Waals surface area contributed by atoms with E-state index in [0.717, 1.165) is 23.7 Å². The van der Waals surface area contributed by atoms with Gasteiger partial charge in [0.2, 0.25) is 0 Å². The predicted octanol–water partition coefficient (Wildman–Crippen LogP) is 3.04. The smallest absolute Gasteiger partial charge is 0.0345 e. The number of rotatable bonds is 3. The number of nitrogen functional groups attached to an aromatic ring is 1. The third-order valence-electron chi connectivity index (χ3n) is 3.54. The van der Waals surface area contributed by atoms with Crippen LogP contribution in [0.3, 0.4) is 0 Å². The molecule has 0 bridgehead atoms. The van der Waals surface area contributed by atoms with Crippen molar-refractivity contribution in [1.82, 2.24) is 0 Å². The lowest BCUT2D eigenvalue weighted by Gasteiger charge is -2.09. The summed E-state index contributed by atoms with van der Waals surface area (Å²) >= 11 is 0. The fourth-order valence-corrected chi connectivity index (χ4v) is 1.95. The van der Waals surface area contributed by atoms with Crippen molar-refractivity contribution < 1.29 is 0 Å². The monoisotopic (exact) mass is 204 g/mol. The molecule has 0 saturated heterocycles. The standard InChI is InChI=1S/C13H20N2/c1-9-6-11(4-5-12(9)14)15-8-10-7-13(10,2)3/h4-6,10,15H,7-8,14H2,1-3H3. The lowest BCUT2D eigenvalue weighted by atomic mass is 10.1. The van der Waals surface area contributed by atoms with Crippen molar-refractivity contribution in [2.24, 2.45) is 11.3 Å². The number of anilines is 2. The Balaban J connectivity index is 1.92. The van der Waals surface area contributed by atoms with Gasteiger partial charge in [0.1, 0.15) is 0 Å². The van der Waals surface area contributed by atoms with Crippen LogP contribution in [0, 0.1) is 18.3 Å². The first-order chi connectivity index (χ1) is 6.99. The zero-order valence-electron chi connectivity index (χ0n) is 9.80. The van der Waals surface area contributed by atoms with Crippen LogP contribution in [-0.4, -0.2) is 6.54 Å². The van der Waals surface area contributed by atoms with Gasteiger partial charge in [0, 0.05) is 17.9 Å². The summed E-state index contributed by atoms with van der Waals surface area (Å²) in [5.41, 5.74) is 9.52. The third-order valence-corrected chi connectivity index (χ3v) is 3.54. The van der Waals surface area contributed by atoms with Crippen LogP contribution in [0.25, 0.3) is 0 Å². The van der Waals surface area contributed by atoms with Crippen LogP contribution in [-0.2, 0) is 0 Å². The second-order valence-electron chi connectivity index (χ2n) is 5.34. The largest absolute Gasteiger partial charge is 0.399 e. The first-order valence-electron chi connectivity index (χ1n) is 5.59. The minimum absolute atomic E-state index is 0.551. The van der Waals surface area contributed by atoms with Gasteiger partial charge in [0.15, 0.2) is 0 Å². The highest BCUT2D eigenvalue weighted by Crippen LogP contribution is 2.51. The maximum atomic E-state index is 5.77. The Morgan fingerprint density at radius 3 is 2.67 bits per heavy atom. The van der Waals surface area contributed by atoms with Gasteiger partial charge in [-0.3, -0.25) is 0 Å². The molecule has 2 rings (SSSR count). The highest BCUT2D eigenvalue weighted by Gasteiger charge is 2.44. The number of aryl methyl sites for hydroxylation is 1. The summed E-state index contributed by atoms with van der Waals surface area (Å²) < 4.78 is 0. The van der Waals surface area contributed by atoms with Crippen LogP contribution in [0.15, 0.2) is 18.2 Å². The second-order valence-corrected chi connectivity index (χ2v) is 5.34. The minimum atomic E-state index is 0.551. The van der Waals surface area contributed by atoms with E-state index in [-0.39, 0.29) is 0 Å². The zero-order valence-corrected chi connectivity index (χ0v) is 9.80. The van der Waals surface area contributed by atoms with Gasteiger partial charge in [-0.25, -0.2) is 0 Å². The van der Waals surface area contributed by atoms with Crippen molar-refractivity contribution >= 4 is 11.4 Å². The van der Waals surface area contributed by atoms with Crippen molar-refractivity contribution in [1.29, 1.82) is 0 Å². The van der Waals surface area contributed by atoms with Crippen molar-refractivity contribution in [3.05, 3.63) is 23.8 Å². The van der Waals surface area contributed by atoms with Gasteiger partial charge in [0.05, 0.1) is 0 Å². The Morgan fingerprint density at radius 1 is 1.47 bits per heavy atom. The summed E-state index contributed by atoms with van der Waals surface area (Å²) in [6.45, 7) is 7.78. The van der Waals surface area contributed by atoms with E-state index in [4.69, 9.17) is 5.73 Å². The zero-order chi connectivity index (χ0) is 11.1. The first-order valence-corrected chi connectivity index (χ1v) is 5.59. The minimum Gasteiger partial charge on any atom is -0.399 e. The molecule has 3 N–H and O–H groups in total. The summed E-state index contributed by atoms with van der Waals surface area (Å²) in [5, 5.41) is 3.47. The maximum Gasteiger partial charge on any atom is 0.0345 e. The van der Waals surface area contributed by atoms with E-state index in [9.17, 15) is 0 Å². The molecule has 0 aliphatic heterocycles. The molecule has 2 heteroatoms. The van der Waals surface area contributed by atoms with E-state index in [2.05, 4.69) is 31.3 Å². The first kappa shape index (κ1) is 10.3. The molecular weight excluding hydrogens is 184 g/mol. The predicted molar refractivity (Wildman–Crippen MR) is 66.0 cm³/mol. The van der Waals surface area contributed by atoms with Crippen molar-refractivity contribution in [2.75, 3.05) is 17.6 Å². The maximum absolute atomic E-state index is 5.77. The summed E-state index contributed by atoms with van der Waals surface area (Å²) in [6, 6.07) is 6.14. The summed E-state index contributed by atoms with van der Waals surface area (Å²) in [7, 11) is 0. The van der Waals surface area contributed by atoms with E-state index >= 15 is 0 Å². The molecule has 1 unspecified atom stereocenters. The molecule has 0 amide bonds. The second kappa shape index (κ2) is 3.44. The van der Waals surface area contributed by atoms with E-state index in [0.29, 0.717) is 5.41 Å². The van der Waals surface area contributed by atoms with E-state index in [1.807, 2.05) is 13.0 Å². The molecular formula is C13H20N2. The summed E-state index contributed by atoms with van der Waals surface area (Å²) in [4.78, 5) is 0. The van der Waals surface area contributed by atoms with Gasteiger partial charge in [-0.2, -0.15) is 0 Å². The molecule has 1 atom stereocenters. The number of benzene rings is 1. The van der Waals surface area contributed by atoms with Crippen LogP contribution in [0.1, 0.15) is 25.8 Å². The van der Waals surface area contributed by atoms with E-state index in [1.165, 1.54) is 12.1 Å². The highest BCUT2D eigenvalue weighted by molar-refractivity contribution is 5.56. The Hall–Kier alpha value is -1.18. The van der Waals surface area contributed by atoms with Crippen LogP contribution < -0.4 is 11.1 Å². The van der Waals surface area contributed by atoms with E-state index < -0.39 is 0 Å². The topological polar surface area (TPSA) is 38.0 Å². The number of hydrogen-bond acceptors (Lipinski definition) is 2. The van der Waals surface area contributed by atoms with Crippen LogP contribution >= 0.6 is 0 Å². The molecule has 1 aromatic rings. The van der Waals surface area contributed by atoms with Gasteiger partial charge in [-0.1, -0.05) is 13.8 Å². The Morgan fingerprint density at radius 2 is 2.13 bits per heavy atom. The Kier molecular flexibility index (Phi) is 2.37. The fourth-order valence-electron chi connectivity index (χ4n) is 1.95. The molecule has 0 spiro atoms. The molecule has 0 aromatic heterocycles. The van der Waals surface area contributed by atoms with Crippen molar-refractivity contribution in [2.45, 2.75) is 27.2 Å². The molecule has 1 aliphatic carbocycles. The van der Waals surface area contributed by atoms with Crippen LogP contribution in [0.2, 0.25) is 0 Å². The Labute approximate surface area is 91.9 Å². The van der Waals surface area contributed by atoms with Gasteiger partial charge < -0.3 is 11.1 Å². The highest BCUT2D eigenvalue weighted by atomic mass is 14.9. The average molecular weight is 204 g/mol. The molecule has 1 saturated carbocycles. The quantitative estimate of drug-likeness (QED) is 0.743. The van der Waals surface area contributed by atoms with Gasteiger partial charge >= 0.3 is 0 Å². The molecule has 82 valence electrons. The summed E-state index contributed by atoms with van der Waals surface area (Å²) in [5.74, 6) is 0.829. The third kappa shape index (κ3) is 2.25. The number of nitrogens with one attached hydrogen (secondary N) is 1. The SMILES string of the molecule is Cc1cc(NCC2CC2(C)C)ccc1N. The van der Waals surface area contributed by atoms with Gasteiger partial charge in [-0.05, 0) is 48.4 Å². The lowest BCUT2D eigenvalue weighted by Crippen LogP contribution is -2.07. The van der Waals surface area contributed by atoms with Gasteiger partial charge in [0.25, 0.3) is 0 Å². The fraction of sp³-hybridized carbons (Fsp3) is 0.538. The molecule has 0 heterocycles. The lowest BCUT2D eigenvalue weighted by molar-refractivity contribution is 0.573. The molecule has 1 fully saturated rings. The normalized spacial score (nSPS) is 22.5. The summed E-state index contributed by atoms with van der Waals surface area (Å²) in [6.07, 6.45) is 1.34. The van der Waals surface area contributed by atoms with Gasteiger partial charge in [-0.15, -0.1) is 0 Å². The average Bonchev–Trinajstić information content (AvgIpc) is 2.77. The molecule has 0 radical (unpaired) electrons. The van der Waals surface area contributed by atoms with Crippen LogP contribution in [0.5, 0.6) is 0 Å². The van der Waals surface area contributed by atoms with Crippen molar-refractivity contribution in [3.63, 3.8) is 0 Å². The molecule has 15 heavy (non-hydrogen) atoms. The number of nitrogens with two attached hydrogens (primary N) is 1. The molecule has 1 aromatic carbocycles. The number of hydrogen-bond donors (Lipinski definition) is 2. The molecule has 2 nitrogen and oxygen atoms in total. The molecule has 1 aliphatic rings. The van der Waals surface area contributed by atoms with Crippen molar-refractivity contribution in [3.8, 4) is 0 Å². The Bertz CT molecular complexity index is 369.